The number of carbonyl (C=O) groups is 1. The normalized spacial score (nSPS) is 16.0. The Morgan fingerprint density at radius 3 is 2.58 bits per heavy atom. The largest absolute Gasteiger partial charge is 0.508 e. The van der Waals surface area contributed by atoms with Crippen LogP contribution in [-0.2, 0) is 4.79 Å². The summed E-state index contributed by atoms with van der Waals surface area (Å²) in [6.45, 7) is 0. The average Bonchev–Trinajstić information content (AvgIpc) is 2.83. The summed E-state index contributed by atoms with van der Waals surface area (Å²) < 4.78 is 0.311. The van der Waals surface area contributed by atoms with Crippen LogP contribution in [0.25, 0.3) is 6.08 Å². The van der Waals surface area contributed by atoms with Crippen LogP contribution in [-0.4, -0.2) is 20.3 Å². The van der Waals surface area contributed by atoms with Gasteiger partial charge in [0.05, 0.1) is 15.5 Å². The molecule has 0 aliphatic carbocycles. The standard InChI is InChI=1S/C16H10N2O4S2/c19-13-6-4-10(5-7-13)8-14-15(20)17(16(23)24-14)11-2-1-3-12(9-11)18(21)22/h1-9,19H/b14-8-. The highest BCUT2D eigenvalue weighted by Gasteiger charge is 2.33. The number of phenolic OH excluding ortho intramolecular Hbond substituents is 1. The molecule has 1 N–H and O–H groups in total. The van der Waals surface area contributed by atoms with Crippen molar-refractivity contribution in [2.75, 3.05) is 4.90 Å². The number of nitro benzene ring substituents is 1. The second-order valence-corrected chi connectivity index (χ2v) is 6.56. The second-order valence-electron chi connectivity index (χ2n) is 4.89. The van der Waals surface area contributed by atoms with Gasteiger partial charge in [-0.05, 0) is 29.8 Å². The molecular formula is C16H10N2O4S2. The third kappa shape index (κ3) is 3.15. The van der Waals surface area contributed by atoms with Crippen molar-refractivity contribution >= 4 is 51.7 Å². The van der Waals surface area contributed by atoms with Gasteiger partial charge in [0.25, 0.3) is 11.6 Å². The van der Waals surface area contributed by atoms with Gasteiger partial charge in [-0.15, -0.1) is 0 Å². The van der Waals surface area contributed by atoms with E-state index in [9.17, 15) is 20.0 Å². The number of carbonyl (C=O) groups excluding carboxylic acids is 1. The number of nitrogens with zero attached hydrogens (tertiary/aromatic N) is 2. The molecule has 0 atom stereocenters. The fourth-order valence-electron chi connectivity index (χ4n) is 2.16. The molecule has 0 aromatic heterocycles. The van der Waals surface area contributed by atoms with Crippen LogP contribution in [0.15, 0.2) is 53.4 Å². The van der Waals surface area contributed by atoms with Crippen molar-refractivity contribution in [3.63, 3.8) is 0 Å². The lowest BCUT2D eigenvalue weighted by Crippen LogP contribution is -2.27. The smallest absolute Gasteiger partial charge is 0.271 e. The number of benzene rings is 2. The van der Waals surface area contributed by atoms with Gasteiger partial charge in [-0.25, -0.2) is 0 Å². The van der Waals surface area contributed by atoms with E-state index < -0.39 is 4.92 Å². The molecule has 1 aliphatic rings. The van der Waals surface area contributed by atoms with Crippen LogP contribution in [0.2, 0.25) is 0 Å². The summed E-state index contributed by atoms with van der Waals surface area (Å²) in [4.78, 5) is 24.7. The summed E-state index contributed by atoms with van der Waals surface area (Å²) in [6.07, 6.45) is 1.66. The number of thiocarbonyl (C=S) groups is 1. The van der Waals surface area contributed by atoms with E-state index in [1.54, 1.807) is 24.3 Å². The van der Waals surface area contributed by atoms with E-state index in [1.807, 2.05) is 0 Å². The first-order chi connectivity index (χ1) is 11.5. The Hall–Kier alpha value is -2.71. The second kappa shape index (κ2) is 6.42. The maximum Gasteiger partial charge on any atom is 0.271 e. The molecule has 1 heterocycles. The number of hydrogen-bond donors (Lipinski definition) is 1. The number of thioether (sulfide) groups is 1. The van der Waals surface area contributed by atoms with Gasteiger partial charge in [0.15, 0.2) is 4.32 Å². The van der Waals surface area contributed by atoms with Crippen molar-refractivity contribution in [1.82, 2.24) is 0 Å². The van der Waals surface area contributed by atoms with Crippen LogP contribution >= 0.6 is 24.0 Å². The van der Waals surface area contributed by atoms with Crippen molar-refractivity contribution in [2.45, 2.75) is 0 Å². The van der Waals surface area contributed by atoms with Crippen LogP contribution in [0, 0.1) is 10.1 Å². The van der Waals surface area contributed by atoms with E-state index >= 15 is 0 Å². The zero-order chi connectivity index (χ0) is 17.3. The van der Waals surface area contributed by atoms with Crippen LogP contribution < -0.4 is 4.90 Å². The summed E-state index contributed by atoms with van der Waals surface area (Å²) in [5.74, 6) is -0.199. The predicted octanol–water partition coefficient (Wildman–Crippen LogP) is 3.71. The molecule has 0 bridgehead atoms. The van der Waals surface area contributed by atoms with Gasteiger partial charge in [0.1, 0.15) is 5.75 Å². The Bertz CT molecular complexity index is 878. The number of anilines is 1. The fraction of sp³-hybridized carbons (Fsp3) is 0. The molecule has 0 unspecified atom stereocenters. The van der Waals surface area contributed by atoms with Crippen LogP contribution in [0.5, 0.6) is 5.75 Å². The molecule has 6 nitrogen and oxygen atoms in total. The molecule has 8 heteroatoms. The third-order valence-corrected chi connectivity index (χ3v) is 4.59. The van der Waals surface area contributed by atoms with Gasteiger partial charge in [-0.1, -0.05) is 42.2 Å². The lowest BCUT2D eigenvalue weighted by atomic mass is 10.2. The van der Waals surface area contributed by atoms with Crippen molar-refractivity contribution in [1.29, 1.82) is 0 Å². The SMILES string of the molecule is O=C1/C(=C/c2ccc(O)cc2)SC(=S)N1c1cccc([N+](=O)[O-])c1. The maximum atomic E-state index is 12.6. The molecule has 0 radical (unpaired) electrons. The Morgan fingerprint density at radius 1 is 1.21 bits per heavy atom. The Kier molecular flexibility index (Phi) is 4.32. The Balaban J connectivity index is 1.93. The highest BCUT2D eigenvalue weighted by atomic mass is 32.2. The minimum Gasteiger partial charge on any atom is -0.508 e. The number of phenols is 1. The van der Waals surface area contributed by atoms with Crippen LogP contribution in [0.1, 0.15) is 5.56 Å². The molecule has 120 valence electrons. The first kappa shape index (κ1) is 16.2. The molecule has 0 saturated carbocycles. The summed E-state index contributed by atoms with van der Waals surface area (Å²) >= 11 is 6.37. The minimum atomic E-state index is -0.520. The van der Waals surface area contributed by atoms with Gasteiger partial charge in [-0.2, -0.15) is 0 Å². The van der Waals surface area contributed by atoms with Crippen molar-refractivity contribution < 1.29 is 14.8 Å². The lowest BCUT2D eigenvalue weighted by molar-refractivity contribution is -0.384. The quantitative estimate of drug-likeness (QED) is 0.390. The Labute approximate surface area is 146 Å². The van der Waals surface area contributed by atoms with Gasteiger partial charge >= 0.3 is 0 Å². The molecule has 1 saturated heterocycles. The van der Waals surface area contributed by atoms with Gasteiger partial charge in [0.2, 0.25) is 0 Å². The van der Waals surface area contributed by atoms with Crippen LogP contribution in [0.3, 0.4) is 0 Å². The molecular weight excluding hydrogens is 348 g/mol. The topological polar surface area (TPSA) is 83.7 Å². The lowest BCUT2D eigenvalue weighted by Gasteiger charge is -2.13. The van der Waals surface area contributed by atoms with Gasteiger partial charge in [-0.3, -0.25) is 19.8 Å². The molecule has 0 spiro atoms. The van der Waals surface area contributed by atoms with E-state index in [0.717, 1.165) is 17.3 Å². The monoisotopic (exact) mass is 358 g/mol. The van der Waals surface area contributed by atoms with E-state index in [1.165, 1.54) is 35.2 Å². The molecule has 2 aromatic rings. The van der Waals surface area contributed by atoms with E-state index in [-0.39, 0.29) is 17.3 Å². The number of hydrogen-bond acceptors (Lipinski definition) is 6. The van der Waals surface area contributed by atoms with E-state index in [0.29, 0.717) is 14.9 Å². The van der Waals surface area contributed by atoms with E-state index in [4.69, 9.17) is 12.2 Å². The number of nitro groups is 1. The fourth-order valence-corrected chi connectivity index (χ4v) is 3.46. The summed E-state index contributed by atoms with van der Waals surface area (Å²) in [5.41, 5.74) is 0.997. The summed E-state index contributed by atoms with van der Waals surface area (Å²) in [6, 6.07) is 12.2. The predicted molar refractivity (Wildman–Crippen MR) is 96.9 cm³/mol. The number of rotatable bonds is 3. The number of aromatic hydroxyl groups is 1. The molecule has 3 rings (SSSR count). The maximum absolute atomic E-state index is 12.6. The summed E-state index contributed by atoms with van der Waals surface area (Å²) in [7, 11) is 0. The number of non-ortho nitro benzene ring substituents is 1. The molecule has 1 aliphatic heterocycles. The van der Waals surface area contributed by atoms with Gasteiger partial charge in [0, 0.05) is 12.1 Å². The first-order valence-corrected chi connectivity index (χ1v) is 7.99. The van der Waals surface area contributed by atoms with E-state index in [2.05, 4.69) is 0 Å². The minimum absolute atomic E-state index is 0.107. The Morgan fingerprint density at radius 2 is 1.92 bits per heavy atom. The average molecular weight is 358 g/mol. The third-order valence-electron chi connectivity index (χ3n) is 3.28. The molecule has 1 fully saturated rings. The molecule has 1 amide bonds. The zero-order valence-electron chi connectivity index (χ0n) is 12.1. The highest BCUT2D eigenvalue weighted by molar-refractivity contribution is 8.27. The highest BCUT2D eigenvalue weighted by Crippen LogP contribution is 2.37. The number of amides is 1. The van der Waals surface area contributed by atoms with Crippen molar-refractivity contribution in [3.8, 4) is 5.75 Å². The van der Waals surface area contributed by atoms with Crippen molar-refractivity contribution in [3.05, 3.63) is 69.1 Å². The van der Waals surface area contributed by atoms with Crippen molar-refractivity contribution in [2.24, 2.45) is 0 Å². The zero-order valence-corrected chi connectivity index (χ0v) is 13.7. The van der Waals surface area contributed by atoms with Gasteiger partial charge < -0.3 is 5.11 Å². The molecule has 24 heavy (non-hydrogen) atoms. The van der Waals surface area contributed by atoms with Crippen LogP contribution in [0.4, 0.5) is 11.4 Å². The summed E-state index contributed by atoms with van der Waals surface area (Å²) in [5, 5.41) is 20.2. The molecule has 2 aromatic carbocycles. The first-order valence-electron chi connectivity index (χ1n) is 6.77.